The maximum atomic E-state index is 12.6. The van der Waals surface area contributed by atoms with Gasteiger partial charge in [0.2, 0.25) is 0 Å². The van der Waals surface area contributed by atoms with Crippen molar-refractivity contribution < 1.29 is 8.42 Å². The van der Waals surface area contributed by atoms with Gasteiger partial charge in [-0.25, -0.2) is 8.42 Å². The molecule has 3 aromatic rings. The molecule has 8 heteroatoms. The minimum Gasteiger partial charge on any atom is -0.378 e. The summed E-state index contributed by atoms with van der Waals surface area (Å²) in [5.74, 6) is 0.682. The van der Waals surface area contributed by atoms with Crippen LogP contribution in [0.2, 0.25) is 0 Å². The molecule has 0 radical (unpaired) electrons. The maximum absolute atomic E-state index is 12.6. The molecule has 2 N–H and O–H groups in total. The zero-order chi connectivity index (χ0) is 20.3. The van der Waals surface area contributed by atoms with Crippen LogP contribution in [0.15, 0.2) is 59.5 Å². The molecule has 0 bridgehead atoms. The molecule has 0 amide bonds. The van der Waals surface area contributed by atoms with Gasteiger partial charge in [0.25, 0.3) is 10.0 Å². The average molecular weight is 398 g/mol. The SMILES string of the molecule is Cc1ccc(C)c(S(=O)(=O)Nc2ccc(Nc3ccc(N(C)C)cc3)nn2)c1. The van der Waals surface area contributed by atoms with E-state index >= 15 is 0 Å². The summed E-state index contributed by atoms with van der Waals surface area (Å²) in [5, 5.41) is 11.2. The van der Waals surface area contributed by atoms with E-state index in [1.807, 2.05) is 56.3 Å². The second-order valence-electron chi connectivity index (χ2n) is 6.74. The molecular formula is C20H23N5O2S. The Bertz CT molecular complexity index is 1060. The van der Waals surface area contributed by atoms with E-state index < -0.39 is 10.0 Å². The third-order valence-electron chi connectivity index (χ3n) is 4.19. The van der Waals surface area contributed by atoms with Crippen molar-refractivity contribution in [2.24, 2.45) is 0 Å². The van der Waals surface area contributed by atoms with Gasteiger partial charge in [0.1, 0.15) is 0 Å². The normalized spacial score (nSPS) is 11.1. The number of benzene rings is 2. The molecule has 0 saturated carbocycles. The van der Waals surface area contributed by atoms with E-state index in [1.54, 1.807) is 31.2 Å². The number of rotatable bonds is 6. The highest BCUT2D eigenvalue weighted by molar-refractivity contribution is 7.92. The van der Waals surface area contributed by atoms with Crippen LogP contribution < -0.4 is 14.9 Å². The van der Waals surface area contributed by atoms with Gasteiger partial charge in [-0.2, -0.15) is 0 Å². The third-order valence-corrected chi connectivity index (χ3v) is 5.69. The summed E-state index contributed by atoms with van der Waals surface area (Å²) in [6.45, 7) is 3.61. The number of anilines is 4. The topological polar surface area (TPSA) is 87.2 Å². The lowest BCUT2D eigenvalue weighted by Gasteiger charge is -2.13. The van der Waals surface area contributed by atoms with Gasteiger partial charge < -0.3 is 10.2 Å². The summed E-state index contributed by atoms with van der Waals surface area (Å²) in [5.41, 5.74) is 3.50. The molecule has 28 heavy (non-hydrogen) atoms. The van der Waals surface area contributed by atoms with Crippen LogP contribution >= 0.6 is 0 Å². The first-order chi connectivity index (χ1) is 13.2. The van der Waals surface area contributed by atoms with Gasteiger partial charge in [0.15, 0.2) is 11.6 Å². The quantitative estimate of drug-likeness (QED) is 0.659. The summed E-state index contributed by atoms with van der Waals surface area (Å²) < 4.78 is 27.8. The van der Waals surface area contributed by atoms with Crippen molar-refractivity contribution in [2.45, 2.75) is 18.7 Å². The summed E-state index contributed by atoms with van der Waals surface area (Å²) in [6, 6.07) is 16.4. The summed E-state index contributed by atoms with van der Waals surface area (Å²) >= 11 is 0. The van der Waals surface area contributed by atoms with Crippen LogP contribution in [-0.2, 0) is 10.0 Å². The van der Waals surface area contributed by atoms with Crippen molar-refractivity contribution in [3.05, 3.63) is 65.7 Å². The average Bonchev–Trinajstić information content (AvgIpc) is 2.65. The van der Waals surface area contributed by atoms with Crippen LogP contribution in [0.25, 0.3) is 0 Å². The van der Waals surface area contributed by atoms with Crippen LogP contribution in [-0.4, -0.2) is 32.7 Å². The van der Waals surface area contributed by atoms with Gasteiger partial charge in [0, 0.05) is 25.5 Å². The lowest BCUT2D eigenvalue weighted by atomic mass is 10.2. The van der Waals surface area contributed by atoms with E-state index in [1.165, 1.54) is 0 Å². The fraction of sp³-hybridized carbons (Fsp3) is 0.200. The monoisotopic (exact) mass is 397 g/mol. The molecule has 0 unspecified atom stereocenters. The largest absolute Gasteiger partial charge is 0.378 e. The van der Waals surface area contributed by atoms with E-state index in [-0.39, 0.29) is 10.7 Å². The van der Waals surface area contributed by atoms with E-state index in [9.17, 15) is 8.42 Å². The van der Waals surface area contributed by atoms with Gasteiger partial charge in [-0.3, -0.25) is 4.72 Å². The number of nitrogens with zero attached hydrogens (tertiary/aromatic N) is 3. The Morgan fingerprint density at radius 2 is 1.50 bits per heavy atom. The molecule has 0 aliphatic rings. The molecule has 1 heterocycles. The van der Waals surface area contributed by atoms with Crippen molar-refractivity contribution in [2.75, 3.05) is 29.0 Å². The van der Waals surface area contributed by atoms with Crippen molar-refractivity contribution in [1.29, 1.82) is 0 Å². The molecule has 0 aliphatic heterocycles. The van der Waals surface area contributed by atoms with E-state index in [0.29, 0.717) is 11.4 Å². The standard InChI is InChI=1S/C20H23N5O2S/c1-14-5-6-15(2)18(13-14)28(26,27)24-20-12-11-19(22-23-20)21-16-7-9-17(10-8-16)25(3)4/h5-13H,1-4H3,(H,21,22)(H,23,24). The van der Waals surface area contributed by atoms with Crippen LogP contribution in [0.1, 0.15) is 11.1 Å². The van der Waals surface area contributed by atoms with Crippen molar-refractivity contribution in [1.82, 2.24) is 10.2 Å². The van der Waals surface area contributed by atoms with E-state index in [4.69, 9.17) is 0 Å². The van der Waals surface area contributed by atoms with Crippen molar-refractivity contribution in [3.63, 3.8) is 0 Å². The smallest absolute Gasteiger partial charge is 0.263 e. The molecule has 0 aliphatic carbocycles. The molecule has 0 saturated heterocycles. The second kappa shape index (κ2) is 7.85. The number of hydrogen-bond donors (Lipinski definition) is 2. The molecule has 0 atom stereocenters. The first-order valence-corrected chi connectivity index (χ1v) is 10.2. The van der Waals surface area contributed by atoms with Crippen LogP contribution in [0.4, 0.5) is 23.0 Å². The summed E-state index contributed by atoms with van der Waals surface area (Å²) in [6.07, 6.45) is 0. The number of hydrogen-bond acceptors (Lipinski definition) is 6. The molecule has 7 nitrogen and oxygen atoms in total. The van der Waals surface area contributed by atoms with Gasteiger partial charge in [-0.05, 0) is 67.4 Å². The fourth-order valence-electron chi connectivity index (χ4n) is 2.63. The maximum Gasteiger partial charge on any atom is 0.263 e. The Morgan fingerprint density at radius 1 is 0.857 bits per heavy atom. The highest BCUT2D eigenvalue weighted by Crippen LogP contribution is 2.21. The molecule has 0 fully saturated rings. The minimum absolute atomic E-state index is 0.161. The van der Waals surface area contributed by atoms with Gasteiger partial charge in [-0.1, -0.05) is 12.1 Å². The molecule has 2 aromatic carbocycles. The third kappa shape index (κ3) is 4.58. The van der Waals surface area contributed by atoms with Gasteiger partial charge in [0.05, 0.1) is 4.90 Å². The number of aromatic nitrogens is 2. The molecular weight excluding hydrogens is 374 g/mol. The van der Waals surface area contributed by atoms with E-state index in [2.05, 4.69) is 20.2 Å². The first-order valence-electron chi connectivity index (χ1n) is 8.73. The Hall–Kier alpha value is -3.13. The van der Waals surface area contributed by atoms with Crippen molar-refractivity contribution >= 4 is 33.0 Å². The fourth-order valence-corrected chi connectivity index (χ4v) is 3.96. The Kier molecular flexibility index (Phi) is 5.51. The Labute approximate surface area is 165 Å². The minimum atomic E-state index is -3.73. The number of nitrogens with one attached hydrogen (secondary N) is 2. The number of sulfonamides is 1. The highest BCUT2D eigenvalue weighted by Gasteiger charge is 2.18. The molecule has 3 rings (SSSR count). The highest BCUT2D eigenvalue weighted by atomic mass is 32.2. The van der Waals surface area contributed by atoms with Crippen LogP contribution in [0.3, 0.4) is 0 Å². The lowest BCUT2D eigenvalue weighted by molar-refractivity contribution is 0.600. The summed E-state index contributed by atoms with van der Waals surface area (Å²) in [7, 11) is 0.227. The van der Waals surface area contributed by atoms with Crippen LogP contribution in [0, 0.1) is 13.8 Å². The number of aryl methyl sites for hydroxylation is 2. The van der Waals surface area contributed by atoms with Gasteiger partial charge >= 0.3 is 0 Å². The second-order valence-corrected chi connectivity index (χ2v) is 8.40. The predicted octanol–water partition coefficient (Wildman–Crippen LogP) is 3.70. The van der Waals surface area contributed by atoms with E-state index in [0.717, 1.165) is 16.9 Å². The lowest BCUT2D eigenvalue weighted by Crippen LogP contribution is -2.15. The van der Waals surface area contributed by atoms with Gasteiger partial charge in [-0.15, -0.1) is 10.2 Å². The zero-order valence-corrected chi connectivity index (χ0v) is 17.1. The zero-order valence-electron chi connectivity index (χ0n) is 16.3. The Balaban J connectivity index is 1.73. The molecule has 0 spiro atoms. The molecule has 1 aromatic heterocycles. The van der Waals surface area contributed by atoms with Crippen molar-refractivity contribution in [3.8, 4) is 0 Å². The predicted molar refractivity (Wildman–Crippen MR) is 113 cm³/mol. The van der Waals surface area contributed by atoms with Crippen LogP contribution in [0.5, 0.6) is 0 Å². The molecule has 146 valence electrons. The summed E-state index contributed by atoms with van der Waals surface area (Å²) in [4.78, 5) is 2.25. The Morgan fingerprint density at radius 3 is 2.11 bits per heavy atom. The first kappa shape index (κ1) is 19.6.